The van der Waals surface area contributed by atoms with Gasteiger partial charge in [-0.05, 0) is 80.2 Å². The maximum atomic E-state index is 2.53. The summed E-state index contributed by atoms with van der Waals surface area (Å²) in [5.41, 5.74) is 0. The lowest BCUT2D eigenvalue weighted by atomic mass is 10.2. The molecular weight excluding hydrogens is 354 g/mol. The first kappa shape index (κ1) is 26.1. The van der Waals surface area contributed by atoms with E-state index in [0.29, 0.717) is 6.04 Å². The molecule has 0 atom stereocenters. The molecule has 0 radical (unpaired) electrons. The van der Waals surface area contributed by atoms with Crippen molar-refractivity contribution in [1.29, 1.82) is 0 Å². The van der Waals surface area contributed by atoms with Crippen molar-refractivity contribution in [1.82, 2.24) is 14.7 Å². The number of allylic oxidation sites excluding steroid dienone is 1. The van der Waals surface area contributed by atoms with Crippen molar-refractivity contribution >= 4 is 0 Å². The van der Waals surface area contributed by atoms with Crippen molar-refractivity contribution in [3.63, 3.8) is 0 Å². The van der Waals surface area contributed by atoms with Crippen LogP contribution < -0.4 is 0 Å². The lowest BCUT2D eigenvalue weighted by Crippen LogP contribution is -2.33. The van der Waals surface area contributed by atoms with Gasteiger partial charge in [-0.15, -0.1) is 0 Å². The first-order chi connectivity index (χ1) is 13.9. The topological polar surface area (TPSA) is 9.72 Å². The number of hydrogen-bond acceptors (Lipinski definition) is 3. The number of rotatable bonds is 3. The van der Waals surface area contributed by atoms with Crippen molar-refractivity contribution in [3.05, 3.63) is 36.5 Å². The van der Waals surface area contributed by atoms with E-state index in [1.54, 1.807) is 0 Å². The van der Waals surface area contributed by atoms with E-state index >= 15 is 0 Å². The summed E-state index contributed by atoms with van der Waals surface area (Å²) in [5, 5.41) is 0. The second kappa shape index (κ2) is 15.9. The Morgan fingerprint density at radius 2 is 0.828 bits per heavy atom. The minimum atomic E-state index is 0.711. The Bertz CT molecular complexity index is 466. The highest BCUT2D eigenvalue weighted by molar-refractivity contribution is 4.91. The smallest absolute Gasteiger partial charge is 0.0166 e. The molecule has 3 aliphatic heterocycles. The molecule has 0 bridgehead atoms. The zero-order valence-corrected chi connectivity index (χ0v) is 20.3. The normalized spacial score (nSPS) is 21.4. The molecule has 3 nitrogen and oxygen atoms in total. The van der Waals surface area contributed by atoms with Crippen LogP contribution in [0.3, 0.4) is 0 Å². The zero-order valence-electron chi connectivity index (χ0n) is 20.3. The molecule has 0 aromatic carbocycles. The lowest BCUT2D eigenvalue weighted by molar-refractivity contribution is 0.234. The Hall–Kier alpha value is -0.900. The Labute approximate surface area is 182 Å². The summed E-state index contributed by atoms with van der Waals surface area (Å²) < 4.78 is 0. The number of hydrogen-bond donors (Lipinski definition) is 0. The predicted molar refractivity (Wildman–Crippen MR) is 131 cm³/mol. The van der Waals surface area contributed by atoms with Gasteiger partial charge in [0.05, 0.1) is 0 Å². The van der Waals surface area contributed by atoms with Crippen LogP contribution in [0, 0.1) is 0 Å². The van der Waals surface area contributed by atoms with Gasteiger partial charge in [0.2, 0.25) is 0 Å². The summed E-state index contributed by atoms with van der Waals surface area (Å²) in [6.45, 7) is 20.9. The largest absolute Gasteiger partial charge is 0.300 e. The summed E-state index contributed by atoms with van der Waals surface area (Å²) in [7, 11) is 0. The van der Waals surface area contributed by atoms with E-state index in [4.69, 9.17) is 0 Å². The van der Waals surface area contributed by atoms with Crippen LogP contribution in [0.15, 0.2) is 36.5 Å². The van der Waals surface area contributed by atoms with Crippen LogP contribution in [0.2, 0.25) is 0 Å². The fourth-order valence-corrected chi connectivity index (χ4v) is 3.77. The molecule has 0 N–H and O–H groups in total. The third kappa shape index (κ3) is 12.4. The van der Waals surface area contributed by atoms with E-state index in [9.17, 15) is 0 Å². The summed E-state index contributed by atoms with van der Waals surface area (Å²) >= 11 is 0. The van der Waals surface area contributed by atoms with Gasteiger partial charge >= 0.3 is 0 Å². The molecule has 3 rings (SSSR count). The molecule has 3 heteroatoms. The van der Waals surface area contributed by atoms with Gasteiger partial charge in [0.15, 0.2) is 0 Å². The lowest BCUT2D eigenvalue weighted by Gasteiger charge is -2.26. The molecule has 29 heavy (non-hydrogen) atoms. The second-order valence-electron chi connectivity index (χ2n) is 9.23. The molecule has 168 valence electrons. The molecule has 0 aromatic rings. The second-order valence-corrected chi connectivity index (χ2v) is 9.23. The van der Waals surface area contributed by atoms with Crippen molar-refractivity contribution in [2.24, 2.45) is 0 Å². The molecular formula is C26H49N3. The van der Waals surface area contributed by atoms with Crippen molar-refractivity contribution in [2.45, 2.75) is 91.8 Å². The highest BCUT2D eigenvalue weighted by Gasteiger charge is 2.09. The third-order valence-electron chi connectivity index (χ3n) is 5.94. The maximum Gasteiger partial charge on any atom is 0.0166 e. The highest BCUT2D eigenvalue weighted by atomic mass is 15.1. The minimum absolute atomic E-state index is 0.711. The van der Waals surface area contributed by atoms with E-state index in [0.717, 1.165) is 25.2 Å². The first-order valence-corrected chi connectivity index (χ1v) is 12.1. The molecule has 0 amide bonds. The van der Waals surface area contributed by atoms with Gasteiger partial charge in [0.25, 0.3) is 0 Å². The van der Waals surface area contributed by atoms with E-state index in [1.807, 2.05) is 0 Å². The quantitative estimate of drug-likeness (QED) is 0.555. The highest BCUT2D eigenvalue weighted by Crippen LogP contribution is 2.07. The van der Waals surface area contributed by atoms with Gasteiger partial charge in [-0.2, -0.15) is 0 Å². The van der Waals surface area contributed by atoms with Crippen LogP contribution >= 0.6 is 0 Å². The molecule has 3 heterocycles. The van der Waals surface area contributed by atoms with Gasteiger partial charge in [0.1, 0.15) is 0 Å². The summed E-state index contributed by atoms with van der Waals surface area (Å²) in [5.74, 6) is 0. The molecule has 0 fully saturated rings. The van der Waals surface area contributed by atoms with Crippen LogP contribution in [0.25, 0.3) is 0 Å². The zero-order chi connectivity index (χ0) is 21.5. The standard InChI is InChI=1S/2C9H17N.C8H15N/c2*1-9(2)10-7-5-3-4-6-8-10;1-8(2)9-6-4-3-5-7-9/h3,5,9H,4,6-8H2,1-2H3;3-4,9H,5-8H2,1-2H3;3-4,8H,5-7H2,1-2H3. The fraction of sp³-hybridized carbons (Fsp3) is 0.769. The summed E-state index contributed by atoms with van der Waals surface area (Å²) in [6.07, 6.45) is 20.0. The van der Waals surface area contributed by atoms with E-state index < -0.39 is 0 Å². The third-order valence-corrected chi connectivity index (χ3v) is 5.94. The molecule has 0 aromatic heterocycles. The number of nitrogens with zero attached hydrogens (tertiary/aromatic N) is 3. The Morgan fingerprint density at radius 1 is 0.448 bits per heavy atom. The Balaban J connectivity index is 0.000000218. The van der Waals surface area contributed by atoms with Gasteiger partial charge in [-0.1, -0.05) is 36.5 Å². The monoisotopic (exact) mass is 403 g/mol. The van der Waals surface area contributed by atoms with Crippen molar-refractivity contribution in [3.8, 4) is 0 Å². The molecule has 0 saturated heterocycles. The first-order valence-electron chi connectivity index (χ1n) is 12.1. The molecule has 0 aliphatic carbocycles. The molecule has 0 unspecified atom stereocenters. The average molecular weight is 404 g/mol. The Morgan fingerprint density at radius 3 is 1.28 bits per heavy atom. The van der Waals surface area contributed by atoms with Crippen LogP contribution in [0.1, 0.15) is 73.6 Å². The molecule has 0 saturated carbocycles. The van der Waals surface area contributed by atoms with Gasteiger partial charge in [-0.3, -0.25) is 9.80 Å². The SMILES string of the molecule is CC(C)N1CC=CCC1.CC(C)N1CC=CCCC1.CC(C)N1CCC=CCC1. The maximum absolute atomic E-state index is 2.53. The van der Waals surface area contributed by atoms with Crippen LogP contribution in [0.5, 0.6) is 0 Å². The Kier molecular flexibility index (Phi) is 14.3. The van der Waals surface area contributed by atoms with Crippen LogP contribution in [0.4, 0.5) is 0 Å². The average Bonchev–Trinajstić information content (AvgIpc) is 3.15. The summed E-state index contributed by atoms with van der Waals surface area (Å²) in [6, 6.07) is 2.15. The van der Waals surface area contributed by atoms with Crippen LogP contribution in [-0.2, 0) is 0 Å². The van der Waals surface area contributed by atoms with Crippen molar-refractivity contribution < 1.29 is 0 Å². The fourth-order valence-electron chi connectivity index (χ4n) is 3.77. The minimum Gasteiger partial charge on any atom is -0.300 e. The predicted octanol–water partition coefficient (Wildman–Crippen LogP) is 5.75. The van der Waals surface area contributed by atoms with Crippen LogP contribution in [-0.4, -0.2) is 72.1 Å². The van der Waals surface area contributed by atoms with Gasteiger partial charge in [-0.25, -0.2) is 0 Å². The van der Waals surface area contributed by atoms with E-state index in [-0.39, 0.29) is 0 Å². The van der Waals surface area contributed by atoms with Crippen molar-refractivity contribution in [2.75, 3.05) is 39.3 Å². The van der Waals surface area contributed by atoms with Gasteiger partial charge < -0.3 is 4.90 Å². The summed E-state index contributed by atoms with van der Waals surface area (Å²) in [4.78, 5) is 7.50. The molecule has 0 spiro atoms. The van der Waals surface area contributed by atoms with Gasteiger partial charge in [0, 0.05) is 50.8 Å². The van der Waals surface area contributed by atoms with E-state index in [1.165, 1.54) is 58.3 Å². The molecule has 3 aliphatic rings. The van der Waals surface area contributed by atoms with E-state index in [2.05, 4.69) is 92.7 Å².